The summed E-state index contributed by atoms with van der Waals surface area (Å²) in [5.74, 6) is 6.18. The van der Waals surface area contributed by atoms with Crippen LogP contribution in [-0.4, -0.2) is 16.0 Å². The highest BCUT2D eigenvalue weighted by Gasteiger charge is 2.12. The van der Waals surface area contributed by atoms with Gasteiger partial charge in [-0.15, -0.1) is 0 Å². The van der Waals surface area contributed by atoms with Gasteiger partial charge in [-0.2, -0.15) is 0 Å². The number of hydrogen-bond donors (Lipinski definition) is 3. The van der Waals surface area contributed by atoms with Crippen molar-refractivity contribution >= 4 is 22.5 Å². The zero-order valence-electron chi connectivity index (χ0n) is 11.0. The molecule has 0 saturated heterocycles. The van der Waals surface area contributed by atoms with Crippen LogP contribution >= 0.6 is 0 Å². The molecule has 0 atom stereocenters. The van der Waals surface area contributed by atoms with Gasteiger partial charge in [0.1, 0.15) is 11.5 Å². The minimum Gasteiger partial charge on any atom is -0.360 e. The normalized spacial score (nSPS) is 10.5. The van der Waals surface area contributed by atoms with E-state index in [1.165, 1.54) is 6.20 Å². The average molecular weight is 283 g/mol. The predicted octanol–water partition coefficient (Wildman–Crippen LogP) is 1.44. The molecule has 0 spiro atoms. The maximum atomic E-state index is 12.1. The summed E-state index contributed by atoms with van der Waals surface area (Å²) in [6.07, 6.45) is 1.52. The number of hydrazine groups is 1. The van der Waals surface area contributed by atoms with Crippen LogP contribution in [-0.2, 0) is 6.54 Å². The Balaban J connectivity index is 1.87. The summed E-state index contributed by atoms with van der Waals surface area (Å²) >= 11 is 0. The smallest absolute Gasteiger partial charge is 0.270 e. The number of amides is 1. The Labute approximate surface area is 120 Å². The van der Waals surface area contributed by atoms with E-state index in [1.54, 1.807) is 12.1 Å². The van der Waals surface area contributed by atoms with Gasteiger partial charge in [-0.25, -0.2) is 10.8 Å². The molecule has 0 saturated carbocycles. The van der Waals surface area contributed by atoms with Crippen molar-refractivity contribution in [1.29, 1.82) is 0 Å². The van der Waals surface area contributed by atoms with Gasteiger partial charge in [0, 0.05) is 11.5 Å². The molecule has 21 heavy (non-hydrogen) atoms. The zero-order valence-corrected chi connectivity index (χ0v) is 11.0. The summed E-state index contributed by atoms with van der Waals surface area (Å²) in [6, 6.07) is 10.9. The molecular weight excluding hydrogens is 270 g/mol. The second kappa shape index (κ2) is 5.59. The number of aromatic nitrogens is 2. The van der Waals surface area contributed by atoms with E-state index in [1.807, 2.05) is 24.3 Å². The van der Waals surface area contributed by atoms with Crippen LogP contribution in [0.5, 0.6) is 0 Å². The third-order valence-corrected chi connectivity index (χ3v) is 3.02. The summed E-state index contributed by atoms with van der Waals surface area (Å²) in [5, 5.41) is 8.02. The van der Waals surface area contributed by atoms with Gasteiger partial charge < -0.3 is 15.3 Å². The van der Waals surface area contributed by atoms with Crippen molar-refractivity contribution in [3.63, 3.8) is 0 Å². The van der Waals surface area contributed by atoms with Gasteiger partial charge in [0.25, 0.3) is 5.91 Å². The minimum atomic E-state index is -0.311. The number of pyridine rings is 1. The molecular formula is C14H13N5O2. The van der Waals surface area contributed by atoms with E-state index in [2.05, 4.69) is 20.9 Å². The number of carbonyl (C=O) groups excluding carboxylic acids is 1. The Hall–Kier alpha value is -2.93. The Bertz CT molecular complexity index is 770. The fourth-order valence-electron chi connectivity index (χ4n) is 2.02. The van der Waals surface area contributed by atoms with E-state index in [0.717, 1.165) is 10.8 Å². The first-order valence-electron chi connectivity index (χ1n) is 6.32. The summed E-state index contributed by atoms with van der Waals surface area (Å²) in [5.41, 5.74) is 2.79. The summed E-state index contributed by atoms with van der Waals surface area (Å²) < 4.78 is 4.92. The van der Waals surface area contributed by atoms with Crippen LogP contribution in [0, 0.1) is 0 Å². The lowest BCUT2D eigenvalue weighted by Gasteiger charge is -2.08. The van der Waals surface area contributed by atoms with E-state index < -0.39 is 0 Å². The van der Waals surface area contributed by atoms with Crippen LogP contribution in [0.4, 0.5) is 5.82 Å². The van der Waals surface area contributed by atoms with Crippen LogP contribution in [0.1, 0.15) is 16.2 Å². The Morgan fingerprint density at radius 3 is 2.90 bits per heavy atom. The highest BCUT2D eigenvalue weighted by molar-refractivity contribution is 6.00. The number of nitrogen functional groups attached to an aromatic ring is 1. The third-order valence-electron chi connectivity index (χ3n) is 3.02. The number of carbonyl (C=O) groups is 1. The number of nitrogens with one attached hydrogen (secondary N) is 2. The molecule has 0 radical (unpaired) electrons. The molecule has 0 fully saturated rings. The van der Waals surface area contributed by atoms with Crippen molar-refractivity contribution in [3.8, 4) is 0 Å². The van der Waals surface area contributed by atoms with Gasteiger partial charge in [-0.05, 0) is 11.5 Å². The molecule has 0 unspecified atom stereocenters. The predicted molar refractivity (Wildman–Crippen MR) is 77.2 cm³/mol. The van der Waals surface area contributed by atoms with Crippen molar-refractivity contribution in [2.45, 2.75) is 6.54 Å². The highest BCUT2D eigenvalue weighted by atomic mass is 16.5. The summed E-state index contributed by atoms with van der Waals surface area (Å²) in [7, 11) is 0. The highest BCUT2D eigenvalue weighted by Crippen LogP contribution is 2.21. The van der Waals surface area contributed by atoms with Crippen molar-refractivity contribution in [2.24, 2.45) is 5.84 Å². The standard InChI is InChI=1S/C14H13N5O2/c15-19-13-11-4-2-1-3-9(11)7-12(18-13)14(20)16-8-10-5-6-17-21-10/h1-7H,8,15H2,(H,16,20)(H,18,19). The van der Waals surface area contributed by atoms with Gasteiger partial charge in [0.2, 0.25) is 0 Å². The third kappa shape index (κ3) is 2.67. The van der Waals surface area contributed by atoms with Crippen LogP contribution < -0.4 is 16.6 Å². The van der Waals surface area contributed by atoms with E-state index in [4.69, 9.17) is 10.4 Å². The van der Waals surface area contributed by atoms with Crippen molar-refractivity contribution in [3.05, 3.63) is 54.0 Å². The number of anilines is 1. The fraction of sp³-hybridized carbons (Fsp3) is 0.0714. The first-order chi connectivity index (χ1) is 10.3. The lowest BCUT2D eigenvalue weighted by atomic mass is 10.1. The average Bonchev–Trinajstić information content (AvgIpc) is 3.04. The molecule has 0 aliphatic carbocycles. The first-order valence-corrected chi connectivity index (χ1v) is 6.32. The van der Waals surface area contributed by atoms with Crippen molar-refractivity contribution in [1.82, 2.24) is 15.5 Å². The van der Waals surface area contributed by atoms with Gasteiger partial charge in [0.05, 0.1) is 12.7 Å². The maximum absolute atomic E-state index is 12.1. The molecule has 2 heterocycles. The summed E-state index contributed by atoms with van der Waals surface area (Å²) in [4.78, 5) is 16.4. The molecule has 1 aromatic carbocycles. The maximum Gasteiger partial charge on any atom is 0.270 e. The Kier molecular flexibility index (Phi) is 3.48. The number of fused-ring (bicyclic) bond motifs is 1. The topological polar surface area (TPSA) is 106 Å². The van der Waals surface area contributed by atoms with Crippen LogP contribution in [0.15, 0.2) is 47.1 Å². The zero-order chi connectivity index (χ0) is 14.7. The Morgan fingerprint density at radius 2 is 2.14 bits per heavy atom. The fourth-order valence-corrected chi connectivity index (χ4v) is 2.02. The summed E-state index contributed by atoms with van der Waals surface area (Å²) in [6.45, 7) is 0.249. The number of nitrogens with two attached hydrogens (primary N) is 1. The molecule has 106 valence electrons. The van der Waals surface area contributed by atoms with Crippen molar-refractivity contribution < 1.29 is 9.32 Å². The van der Waals surface area contributed by atoms with Gasteiger partial charge in [-0.1, -0.05) is 29.4 Å². The first kappa shape index (κ1) is 13.1. The molecule has 3 aromatic rings. The van der Waals surface area contributed by atoms with E-state index in [0.29, 0.717) is 11.6 Å². The second-order valence-corrected chi connectivity index (χ2v) is 4.38. The second-order valence-electron chi connectivity index (χ2n) is 4.38. The van der Waals surface area contributed by atoms with Crippen LogP contribution in [0.25, 0.3) is 10.8 Å². The van der Waals surface area contributed by atoms with E-state index in [-0.39, 0.29) is 18.1 Å². The van der Waals surface area contributed by atoms with E-state index in [9.17, 15) is 4.79 Å². The molecule has 0 bridgehead atoms. The van der Waals surface area contributed by atoms with E-state index >= 15 is 0 Å². The lowest BCUT2D eigenvalue weighted by Crippen LogP contribution is -2.24. The molecule has 7 heteroatoms. The number of rotatable bonds is 4. The molecule has 1 amide bonds. The quantitative estimate of drug-likeness (QED) is 0.494. The minimum absolute atomic E-state index is 0.249. The number of hydrogen-bond acceptors (Lipinski definition) is 6. The molecule has 0 aliphatic rings. The van der Waals surface area contributed by atoms with Gasteiger partial charge >= 0.3 is 0 Å². The van der Waals surface area contributed by atoms with Crippen LogP contribution in [0.2, 0.25) is 0 Å². The number of nitrogens with zero attached hydrogens (tertiary/aromatic N) is 2. The number of benzene rings is 1. The Morgan fingerprint density at radius 1 is 1.29 bits per heavy atom. The van der Waals surface area contributed by atoms with Crippen molar-refractivity contribution in [2.75, 3.05) is 5.43 Å². The molecule has 0 aliphatic heterocycles. The van der Waals surface area contributed by atoms with Gasteiger partial charge in [-0.3, -0.25) is 4.79 Å². The van der Waals surface area contributed by atoms with Crippen LogP contribution in [0.3, 0.4) is 0 Å². The molecule has 4 N–H and O–H groups in total. The molecule has 2 aromatic heterocycles. The lowest BCUT2D eigenvalue weighted by molar-refractivity contribution is 0.0942. The monoisotopic (exact) mass is 283 g/mol. The largest absolute Gasteiger partial charge is 0.360 e. The molecule has 7 nitrogen and oxygen atoms in total. The molecule has 3 rings (SSSR count). The van der Waals surface area contributed by atoms with Gasteiger partial charge in [0.15, 0.2) is 5.76 Å². The SMILES string of the molecule is NNc1nc(C(=O)NCc2ccno2)cc2ccccc12.